The van der Waals surface area contributed by atoms with Gasteiger partial charge in [-0.3, -0.25) is 0 Å². The maximum absolute atomic E-state index is 6.80. The number of benzene rings is 1. The van der Waals surface area contributed by atoms with Gasteiger partial charge in [-0.1, -0.05) is 97.5 Å². The van der Waals surface area contributed by atoms with Crippen molar-refractivity contribution in [1.29, 1.82) is 0 Å². The van der Waals surface area contributed by atoms with Gasteiger partial charge in [-0.25, -0.2) is 0 Å². The number of allylic oxidation sites excluding steroid dienone is 1. The van der Waals surface area contributed by atoms with E-state index in [4.69, 9.17) is 4.74 Å². The monoisotopic (exact) mass is 554 g/mol. The number of ether oxygens (including phenoxy) is 1. The highest BCUT2D eigenvalue weighted by atomic mass is 16.5. The minimum absolute atomic E-state index is 0.322. The summed E-state index contributed by atoms with van der Waals surface area (Å²) in [6.45, 7) is 23.8. The van der Waals surface area contributed by atoms with Crippen molar-refractivity contribution in [3.05, 3.63) is 48.0 Å². The van der Waals surface area contributed by atoms with Crippen molar-refractivity contribution in [3.63, 3.8) is 0 Å². The molecular weight excluding hydrogens is 496 g/mol. The lowest BCUT2D eigenvalue weighted by Gasteiger charge is -2.73. The number of hydrogen-bond acceptors (Lipinski definition) is 1. The standard InChI is InChI=1S/C40H58O/c1-9-27-12-10-11-13-28(27)14-15-29-18-20-37(6)31(36(29,4)5)19-21-39(8)32(37)17-16-30-33-34-35(2,3)22-24-40(33,26-41-34)25-23-38(30,39)7/h9-15,29-34H,1,16-26H2,2-8H3/b15-14+/t29?,30?,31?,32?,33?,34?,37-,38+,39+,40?/m0/s1. The summed E-state index contributed by atoms with van der Waals surface area (Å²) in [5, 5.41) is 0. The van der Waals surface area contributed by atoms with Crippen LogP contribution in [0.3, 0.4) is 0 Å². The van der Waals surface area contributed by atoms with Gasteiger partial charge in [-0.2, -0.15) is 0 Å². The van der Waals surface area contributed by atoms with Crippen molar-refractivity contribution in [1.82, 2.24) is 0 Å². The largest absolute Gasteiger partial charge is 0.377 e. The predicted octanol–water partition coefficient (Wildman–Crippen LogP) is 10.8. The number of fused-ring (bicyclic) bond motifs is 5. The average molecular weight is 555 g/mol. The number of rotatable bonds is 3. The zero-order chi connectivity index (χ0) is 29.1. The van der Waals surface area contributed by atoms with Crippen LogP contribution in [0.25, 0.3) is 12.2 Å². The number of hydrogen-bond donors (Lipinski definition) is 0. The Labute approximate surface area is 252 Å². The third kappa shape index (κ3) is 3.69. The molecule has 1 aromatic carbocycles. The van der Waals surface area contributed by atoms with Crippen molar-refractivity contribution in [2.45, 2.75) is 119 Å². The minimum atomic E-state index is 0.322. The molecule has 1 heterocycles. The summed E-state index contributed by atoms with van der Waals surface area (Å²) in [5.74, 6) is 3.94. The first-order chi connectivity index (χ1) is 19.3. The molecule has 0 aromatic heterocycles. The zero-order valence-corrected chi connectivity index (χ0v) is 27.4. The topological polar surface area (TPSA) is 9.23 Å². The molecule has 5 aliphatic carbocycles. The normalized spacial score (nSPS) is 49.4. The van der Waals surface area contributed by atoms with E-state index in [0.717, 1.165) is 30.3 Å². The molecule has 6 aliphatic rings. The van der Waals surface area contributed by atoms with E-state index in [0.29, 0.717) is 44.5 Å². The van der Waals surface area contributed by atoms with Crippen molar-refractivity contribution >= 4 is 12.2 Å². The molecular formula is C40H58O. The van der Waals surface area contributed by atoms with E-state index in [1.165, 1.54) is 75.3 Å². The Morgan fingerprint density at radius 3 is 2.24 bits per heavy atom. The van der Waals surface area contributed by atoms with Gasteiger partial charge in [0.2, 0.25) is 0 Å². The van der Waals surface area contributed by atoms with Crippen molar-refractivity contribution in [2.24, 2.45) is 62.1 Å². The van der Waals surface area contributed by atoms with Gasteiger partial charge in [0.05, 0.1) is 12.7 Å². The molecule has 2 bridgehead atoms. The summed E-state index contributed by atoms with van der Waals surface area (Å²) in [6.07, 6.45) is 21.6. The summed E-state index contributed by atoms with van der Waals surface area (Å²) in [4.78, 5) is 0. The van der Waals surface area contributed by atoms with Crippen molar-refractivity contribution in [2.75, 3.05) is 6.61 Å². The maximum atomic E-state index is 6.80. The SMILES string of the molecule is C=Cc1ccccc1/C=C/C1CC[C@@]2(C)C(CC[C@]3(C)C2CCC2C4C5OCC4(CCC5(C)C)CC[C@]23C)C1(C)C. The summed E-state index contributed by atoms with van der Waals surface area (Å²) in [6, 6.07) is 8.72. The van der Waals surface area contributed by atoms with Crippen LogP contribution in [-0.2, 0) is 4.74 Å². The fourth-order valence-electron chi connectivity index (χ4n) is 13.4. The Hall–Kier alpha value is -1.34. The van der Waals surface area contributed by atoms with Gasteiger partial charge in [0.25, 0.3) is 0 Å². The Balaban J connectivity index is 1.18. The molecule has 7 unspecified atom stereocenters. The molecule has 41 heavy (non-hydrogen) atoms. The molecule has 1 saturated heterocycles. The van der Waals surface area contributed by atoms with Crippen molar-refractivity contribution < 1.29 is 4.74 Å². The van der Waals surface area contributed by atoms with Gasteiger partial charge in [-0.15, -0.1) is 0 Å². The quantitative estimate of drug-likeness (QED) is 0.361. The molecule has 10 atom stereocenters. The van der Waals surface area contributed by atoms with Gasteiger partial charge < -0.3 is 4.74 Å². The second-order valence-corrected chi connectivity index (χ2v) is 17.9. The van der Waals surface area contributed by atoms with Gasteiger partial charge >= 0.3 is 0 Å². The van der Waals surface area contributed by atoms with Crippen LogP contribution in [0, 0.1) is 62.1 Å². The van der Waals surface area contributed by atoms with Crippen LogP contribution in [0.15, 0.2) is 36.9 Å². The summed E-state index contributed by atoms with van der Waals surface area (Å²) in [5.41, 5.74) is 5.06. The molecule has 224 valence electrons. The lowest BCUT2D eigenvalue weighted by molar-refractivity contribution is -0.246. The molecule has 0 spiro atoms. The Morgan fingerprint density at radius 1 is 0.756 bits per heavy atom. The summed E-state index contributed by atoms with van der Waals surface area (Å²) >= 11 is 0. The Kier molecular flexibility index (Phi) is 6.30. The van der Waals surface area contributed by atoms with Gasteiger partial charge in [0.1, 0.15) is 0 Å². The van der Waals surface area contributed by atoms with Crippen LogP contribution in [0.1, 0.15) is 124 Å². The summed E-state index contributed by atoms with van der Waals surface area (Å²) in [7, 11) is 0. The fourth-order valence-corrected chi connectivity index (χ4v) is 13.4. The highest BCUT2D eigenvalue weighted by Gasteiger charge is 2.72. The molecule has 0 N–H and O–H groups in total. The van der Waals surface area contributed by atoms with E-state index in [2.05, 4.69) is 91.5 Å². The molecule has 0 radical (unpaired) electrons. The van der Waals surface area contributed by atoms with Crippen molar-refractivity contribution in [3.8, 4) is 0 Å². The van der Waals surface area contributed by atoms with Crippen LogP contribution in [-0.4, -0.2) is 12.7 Å². The summed E-state index contributed by atoms with van der Waals surface area (Å²) < 4.78 is 6.80. The first-order valence-electron chi connectivity index (χ1n) is 17.3. The Morgan fingerprint density at radius 2 is 1.49 bits per heavy atom. The first-order valence-corrected chi connectivity index (χ1v) is 17.3. The third-order valence-electron chi connectivity index (χ3n) is 16.0. The predicted molar refractivity (Wildman–Crippen MR) is 173 cm³/mol. The Bertz CT molecular complexity index is 1240. The molecule has 5 saturated carbocycles. The molecule has 6 fully saturated rings. The van der Waals surface area contributed by atoms with E-state index in [-0.39, 0.29) is 0 Å². The zero-order valence-electron chi connectivity index (χ0n) is 27.4. The van der Waals surface area contributed by atoms with Crippen LogP contribution in [0.4, 0.5) is 0 Å². The highest BCUT2D eigenvalue weighted by molar-refractivity contribution is 5.64. The average Bonchev–Trinajstić information content (AvgIpc) is 3.27. The van der Waals surface area contributed by atoms with Crippen LogP contribution >= 0.6 is 0 Å². The lowest BCUT2D eigenvalue weighted by atomic mass is 9.31. The fraction of sp³-hybridized carbons (Fsp3) is 0.750. The molecule has 7 rings (SSSR count). The smallest absolute Gasteiger partial charge is 0.0663 e. The maximum Gasteiger partial charge on any atom is 0.0663 e. The molecule has 1 aromatic rings. The van der Waals surface area contributed by atoms with E-state index >= 15 is 0 Å². The third-order valence-corrected chi connectivity index (χ3v) is 16.0. The van der Waals surface area contributed by atoms with E-state index < -0.39 is 0 Å². The second-order valence-electron chi connectivity index (χ2n) is 17.9. The minimum Gasteiger partial charge on any atom is -0.377 e. The molecule has 1 nitrogen and oxygen atoms in total. The second kappa shape index (κ2) is 9.09. The lowest BCUT2D eigenvalue weighted by Crippen LogP contribution is -2.67. The van der Waals surface area contributed by atoms with Crippen LogP contribution in [0.2, 0.25) is 0 Å². The molecule has 1 aliphatic heterocycles. The van der Waals surface area contributed by atoms with E-state index in [1.807, 2.05) is 6.08 Å². The van der Waals surface area contributed by atoms with Crippen LogP contribution < -0.4 is 0 Å². The highest BCUT2D eigenvalue weighted by Crippen LogP contribution is 2.78. The van der Waals surface area contributed by atoms with E-state index in [1.54, 1.807) is 0 Å². The van der Waals surface area contributed by atoms with E-state index in [9.17, 15) is 0 Å². The molecule has 1 heteroatoms. The van der Waals surface area contributed by atoms with Crippen LogP contribution in [0.5, 0.6) is 0 Å². The molecule has 0 amide bonds. The first kappa shape index (κ1) is 28.4. The van der Waals surface area contributed by atoms with Gasteiger partial charge in [0, 0.05) is 0 Å². The van der Waals surface area contributed by atoms with Gasteiger partial charge in [0.15, 0.2) is 0 Å². The van der Waals surface area contributed by atoms with Gasteiger partial charge in [-0.05, 0) is 137 Å².